The molecule has 1 N–H and O–H groups in total. The molecule has 182 valence electrons. The van der Waals surface area contributed by atoms with Crippen molar-refractivity contribution in [1.29, 1.82) is 0 Å². The summed E-state index contributed by atoms with van der Waals surface area (Å²) in [5, 5.41) is 14.0. The average molecular weight is 494 g/mol. The molecule has 0 bridgehead atoms. The fraction of sp³-hybridized carbons (Fsp3) is 0.0303. The van der Waals surface area contributed by atoms with Gasteiger partial charge in [-0.25, -0.2) is 9.97 Å². The summed E-state index contributed by atoms with van der Waals surface area (Å²) in [6.07, 6.45) is 1.80. The lowest BCUT2D eigenvalue weighted by molar-refractivity contribution is 0.459. The van der Waals surface area contributed by atoms with E-state index in [-0.39, 0.29) is 5.75 Å². The maximum absolute atomic E-state index is 10.9. The van der Waals surface area contributed by atoms with Crippen LogP contribution in [-0.2, 0) is 0 Å². The van der Waals surface area contributed by atoms with Crippen LogP contribution in [0.1, 0.15) is 5.56 Å². The number of phenolic OH excluding ortho intramolecular Hbond substituents is 1. The number of aromatic nitrogens is 3. The molecule has 0 amide bonds. The van der Waals surface area contributed by atoms with Crippen LogP contribution in [-0.4, -0.2) is 19.6 Å². The lowest BCUT2D eigenvalue weighted by Crippen LogP contribution is -1.96. The van der Waals surface area contributed by atoms with Gasteiger partial charge in [0, 0.05) is 34.5 Å². The van der Waals surface area contributed by atoms with Gasteiger partial charge in [0.1, 0.15) is 22.8 Å². The second kappa shape index (κ2) is 8.75. The van der Waals surface area contributed by atoms with Gasteiger partial charge in [-0.2, -0.15) is 0 Å². The summed E-state index contributed by atoms with van der Waals surface area (Å²) < 4.78 is 8.41. The van der Waals surface area contributed by atoms with Crippen LogP contribution in [0.15, 0.2) is 115 Å². The molecule has 0 fully saturated rings. The molecule has 38 heavy (non-hydrogen) atoms. The van der Waals surface area contributed by atoms with E-state index < -0.39 is 0 Å². The third-order valence-corrected chi connectivity index (χ3v) is 6.95. The quantitative estimate of drug-likeness (QED) is 0.268. The van der Waals surface area contributed by atoms with Gasteiger partial charge in [-0.05, 0) is 66.1 Å². The van der Waals surface area contributed by atoms with E-state index in [4.69, 9.17) is 9.72 Å². The third-order valence-electron chi connectivity index (χ3n) is 6.95. The molecule has 5 heteroatoms. The fourth-order valence-electron chi connectivity index (χ4n) is 5.17. The van der Waals surface area contributed by atoms with E-state index in [1.54, 1.807) is 6.20 Å². The predicted molar refractivity (Wildman–Crippen MR) is 152 cm³/mol. The highest BCUT2D eigenvalue weighted by molar-refractivity contribution is 6.09. The van der Waals surface area contributed by atoms with Crippen LogP contribution < -0.4 is 4.74 Å². The minimum absolute atomic E-state index is 0.163. The van der Waals surface area contributed by atoms with Crippen molar-refractivity contribution in [3.63, 3.8) is 0 Å². The molecule has 0 saturated carbocycles. The molecule has 0 unspecified atom stereocenters. The van der Waals surface area contributed by atoms with E-state index >= 15 is 0 Å². The maximum Gasteiger partial charge on any atom is 0.219 e. The number of nitrogens with zero attached hydrogens (tertiary/aromatic N) is 3. The Labute approximate surface area is 219 Å². The molecule has 7 rings (SSSR count). The maximum atomic E-state index is 10.9. The van der Waals surface area contributed by atoms with E-state index in [1.807, 2.05) is 85.8 Å². The predicted octanol–water partition coefficient (Wildman–Crippen LogP) is 8.20. The van der Waals surface area contributed by atoms with Gasteiger partial charge in [-0.3, -0.25) is 4.57 Å². The molecule has 0 atom stereocenters. The molecule has 7 aromatic rings. The first-order valence-corrected chi connectivity index (χ1v) is 12.5. The first kappa shape index (κ1) is 22.1. The number of pyridine rings is 2. The van der Waals surface area contributed by atoms with Gasteiger partial charge >= 0.3 is 0 Å². The van der Waals surface area contributed by atoms with Gasteiger partial charge < -0.3 is 9.84 Å². The average Bonchev–Trinajstić information content (AvgIpc) is 3.29. The molecule has 3 aromatic heterocycles. The number of aromatic hydroxyl groups is 1. The van der Waals surface area contributed by atoms with Gasteiger partial charge in [0.2, 0.25) is 5.88 Å². The zero-order chi connectivity index (χ0) is 25.6. The number of benzene rings is 4. The van der Waals surface area contributed by atoms with Crippen LogP contribution in [0.5, 0.6) is 17.4 Å². The molecule has 3 heterocycles. The van der Waals surface area contributed by atoms with Crippen molar-refractivity contribution in [3.05, 3.63) is 121 Å². The monoisotopic (exact) mass is 493 g/mol. The fourth-order valence-corrected chi connectivity index (χ4v) is 5.17. The molecule has 0 saturated heterocycles. The number of aryl methyl sites for hydroxylation is 1. The van der Waals surface area contributed by atoms with Crippen molar-refractivity contribution in [1.82, 2.24) is 14.5 Å². The minimum Gasteiger partial charge on any atom is -0.505 e. The largest absolute Gasteiger partial charge is 0.505 e. The molecule has 0 aliphatic heterocycles. The number of hydrogen-bond acceptors (Lipinski definition) is 4. The van der Waals surface area contributed by atoms with Crippen molar-refractivity contribution < 1.29 is 9.84 Å². The Balaban J connectivity index is 1.35. The first-order valence-electron chi connectivity index (χ1n) is 12.5. The van der Waals surface area contributed by atoms with Gasteiger partial charge in [-0.15, -0.1) is 0 Å². The molecule has 0 spiro atoms. The molecule has 0 aliphatic carbocycles. The molecular weight excluding hydrogens is 470 g/mol. The van der Waals surface area contributed by atoms with Crippen molar-refractivity contribution in [2.75, 3.05) is 0 Å². The Kier molecular flexibility index (Phi) is 5.08. The topological polar surface area (TPSA) is 60.2 Å². The number of fused-ring (bicyclic) bond motifs is 4. The number of rotatable bonds is 4. The summed E-state index contributed by atoms with van der Waals surface area (Å²) in [4.78, 5) is 9.33. The van der Waals surface area contributed by atoms with E-state index in [2.05, 4.69) is 39.9 Å². The van der Waals surface area contributed by atoms with Gasteiger partial charge in [0.05, 0.1) is 11.0 Å². The Morgan fingerprint density at radius 2 is 1.47 bits per heavy atom. The lowest BCUT2D eigenvalue weighted by Gasteiger charge is -2.13. The van der Waals surface area contributed by atoms with Crippen LogP contribution >= 0.6 is 0 Å². The van der Waals surface area contributed by atoms with E-state index in [0.717, 1.165) is 49.7 Å². The summed E-state index contributed by atoms with van der Waals surface area (Å²) in [5.41, 5.74) is 5.46. The van der Waals surface area contributed by atoms with Gasteiger partial charge in [0.25, 0.3) is 0 Å². The number of phenols is 1. The molecule has 0 aliphatic rings. The molecule has 5 nitrogen and oxygen atoms in total. The highest BCUT2D eigenvalue weighted by atomic mass is 16.5. The van der Waals surface area contributed by atoms with E-state index in [1.165, 1.54) is 0 Å². The van der Waals surface area contributed by atoms with Crippen molar-refractivity contribution in [2.24, 2.45) is 0 Å². The summed E-state index contributed by atoms with van der Waals surface area (Å²) in [6.45, 7) is 1.89. The van der Waals surface area contributed by atoms with Crippen LogP contribution in [0.2, 0.25) is 0 Å². The van der Waals surface area contributed by atoms with Gasteiger partial charge in [0.15, 0.2) is 0 Å². The second-order valence-electron chi connectivity index (χ2n) is 9.32. The smallest absolute Gasteiger partial charge is 0.219 e. The second-order valence-corrected chi connectivity index (χ2v) is 9.32. The minimum atomic E-state index is 0.163. The Morgan fingerprint density at radius 3 is 2.32 bits per heavy atom. The van der Waals surface area contributed by atoms with Crippen LogP contribution in [0.4, 0.5) is 0 Å². The van der Waals surface area contributed by atoms with E-state index in [0.29, 0.717) is 17.1 Å². The Morgan fingerprint density at radius 1 is 0.711 bits per heavy atom. The molecule has 4 aromatic carbocycles. The Hall–Kier alpha value is -5.16. The molecular formula is C33H23N3O2. The van der Waals surface area contributed by atoms with Crippen molar-refractivity contribution in [2.45, 2.75) is 6.92 Å². The molecule has 0 radical (unpaired) electrons. The summed E-state index contributed by atoms with van der Waals surface area (Å²) >= 11 is 0. The Bertz CT molecular complexity index is 1960. The van der Waals surface area contributed by atoms with Crippen molar-refractivity contribution >= 4 is 32.7 Å². The number of hydrogen-bond donors (Lipinski definition) is 1. The normalized spacial score (nSPS) is 11.4. The van der Waals surface area contributed by atoms with Crippen LogP contribution in [0.3, 0.4) is 0 Å². The highest BCUT2D eigenvalue weighted by Crippen LogP contribution is 2.38. The number of ether oxygens (including phenoxy) is 1. The summed E-state index contributed by atoms with van der Waals surface area (Å²) in [5.74, 6) is 2.07. The van der Waals surface area contributed by atoms with E-state index in [9.17, 15) is 5.11 Å². The SMILES string of the molecule is Cc1cc(-c2ccccc2)c2ccc(Oc3ccc4c5ccccc5n(-c5ccccn5)c4c3)nc2c1O. The van der Waals surface area contributed by atoms with Gasteiger partial charge in [-0.1, -0.05) is 54.6 Å². The zero-order valence-electron chi connectivity index (χ0n) is 20.7. The highest BCUT2D eigenvalue weighted by Gasteiger charge is 2.16. The standard InChI is InChI=1S/C33H23N3O2/c1-21-19-27(22-9-3-2-4-10-22)26-16-17-31(35-32(26)33(21)37)38-23-14-15-25-24-11-5-6-12-28(24)36(29(25)20-23)30-13-7-8-18-34-30/h2-20,37H,1H3. The van der Waals surface area contributed by atoms with Crippen LogP contribution in [0, 0.1) is 6.92 Å². The first-order chi connectivity index (χ1) is 18.7. The van der Waals surface area contributed by atoms with Crippen LogP contribution in [0.25, 0.3) is 49.7 Å². The number of para-hydroxylation sites is 1. The lowest BCUT2D eigenvalue weighted by atomic mass is 9.97. The summed E-state index contributed by atoms with van der Waals surface area (Å²) in [7, 11) is 0. The van der Waals surface area contributed by atoms with Crippen molar-refractivity contribution in [3.8, 4) is 34.3 Å². The summed E-state index contributed by atoms with van der Waals surface area (Å²) in [6, 6.07) is 36.2. The zero-order valence-corrected chi connectivity index (χ0v) is 20.7. The third kappa shape index (κ3) is 3.56.